The highest BCUT2D eigenvalue weighted by Gasteiger charge is 2.59. The van der Waals surface area contributed by atoms with Gasteiger partial charge in [-0.1, -0.05) is 24.3 Å². The number of phenolic OH excluding ortho intramolecular Hbond substituents is 1. The van der Waals surface area contributed by atoms with Crippen molar-refractivity contribution in [1.82, 2.24) is 5.01 Å². The first-order valence-corrected chi connectivity index (χ1v) is 7.04. The SMILES string of the molecule is O=C1[C@@H]2[C@H](C(=O)N1/N=C\c1cccc(O)c1)[C@H]1C=C[C@H]2C1. The summed E-state index contributed by atoms with van der Waals surface area (Å²) in [5.74, 6) is -0.342. The van der Waals surface area contributed by atoms with E-state index >= 15 is 0 Å². The van der Waals surface area contributed by atoms with Gasteiger partial charge in [-0.15, -0.1) is 0 Å². The van der Waals surface area contributed by atoms with E-state index in [1.807, 2.05) is 0 Å². The molecule has 0 spiro atoms. The Hall–Kier alpha value is -2.43. The summed E-state index contributed by atoms with van der Waals surface area (Å²) in [7, 11) is 0. The molecule has 2 aliphatic carbocycles. The van der Waals surface area contributed by atoms with E-state index in [0.29, 0.717) is 5.56 Å². The summed E-state index contributed by atoms with van der Waals surface area (Å²) in [5.41, 5.74) is 0.647. The van der Waals surface area contributed by atoms with Gasteiger partial charge in [-0.3, -0.25) is 9.59 Å². The largest absolute Gasteiger partial charge is 0.508 e. The smallest absolute Gasteiger partial charge is 0.254 e. The summed E-state index contributed by atoms with van der Waals surface area (Å²) >= 11 is 0. The number of carbonyl (C=O) groups is 2. The number of benzene rings is 1. The molecule has 0 radical (unpaired) electrons. The van der Waals surface area contributed by atoms with Crippen LogP contribution in [0.15, 0.2) is 41.5 Å². The van der Waals surface area contributed by atoms with Crippen LogP contribution in [0.4, 0.5) is 0 Å². The van der Waals surface area contributed by atoms with Crippen molar-refractivity contribution in [3.8, 4) is 5.75 Å². The quantitative estimate of drug-likeness (QED) is 0.508. The monoisotopic (exact) mass is 282 g/mol. The molecule has 2 fully saturated rings. The van der Waals surface area contributed by atoms with Crippen molar-refractivity contribution in [2.24, 2.45) is 28.8 Å². The lowest BCUT2D eigenvalue weighted by molar-refractivity contribution is -0.140. The predicted molar refractivity (Wildman–Crippen MR) is 75.3 cm³/mol. The number of phenols is 1. The van der Waals surface area contributed by atoms with Crippen molar-refractivity contribution in [2.75, 3.05) is 0 Å². The first-order valence-electron chi connectivity index (χ1n) is 7.04. The summed E-state index contributed by atoms with van der Waals surface area (Å²) in [6.45, 7) is 0. The first-order chi connectivity index (χ1) is 10.1. The van der Waals surface area contributed by atoms with Crippen LogP contribution < -0.4 is 0 Å². The molecule has 1 N–H and O–H groups in total. The van der Waals surface area contributed by atoms with Crippen molar-refractivity contribution in [3.63, 3.8) is 0 Å². The van der Waals surface area contributed by atoms with E-state index < -0.39 is 0 Å². The van der Waals surface area contributed by atoms with Crippen LogP contribution in [-0.4, -0.2) is 28.1 Å². The highest BCUT2D eigenvalue weighted by Crippen LogP contribution is 2.52. The maximum absolute atomic E-state index is 12.4. The van der Waals surface area contributed by atoms with Crippen LogP contribution in [0.5, 0.6) is 5.75 Å². The normalized spacial score (nSPS) is 33.4. The Kier molecular flexibility index (Phi) is 2.51. The number of aromatic hydroxyl groups is 1. The number of rotatable bonds is 2. The molecule has 1 aromatic rings. The number of hydrazone groups is 1. The molecule has 3 aliphatic rings. The first kappa shape index (κ1) is 12.3. The number of amides is 2. The zero-order chi connectivity index (χ0) is 14.6. The van der Waals surface area contributed by atoms with Gasteiger partial charge in [-0.25, -0.2) is 0 Å². The van der Waals surface area contributed by atoms with E-state index in [-0.39, 0.29) is 41.2 Å². The van der Waals surface area contributed by atoms with Gasteiger partial charge in [-0.2, -0.15) is 10.1 Å². The molecule has 21 heavy (non-hydrogen) atoms. The Labute approximate surface area is 121 Å². The number of fused-ring (bicyclic) bond motifs is 5. The van der Waals surface area contributed by atoms with Gasteiger partial charge in [0.05, 0.1) is 18.1 Å². The topological polar surface area (TPSA) is 70.0 Å². The van der Waals surface area contributed by atoms with E-state index in [4.69, 9.17) is 0 Å². The van der Waals surface area contributed by atoms with E-state index in [0.717, 1.165) is 11.4 Å². The number of hydrogen-bond acceptors (Lipinski definition) is 4. The molecule has 106 valence electrons. The molecule has 1 saturated carbocycles. The Bertz CT molecular complexity index is 665. The Morgan fingerprint density at radius 3 is 2.43 bits per heavy atom. The summed E-state index contributed by atoms with van der Waals surface area (Å²) in [6.07, 6.45) is 6.46. The number of allylic oxidation sites excluding steroid dienone is 2. The zero-order valence-electron chi connectivity index (χ0n) is 11.2. The van der Waals surface area contributed by atoms with Crippen molar-refractivity contribution in [2.45, 2.75) is 6.42 Å². The Morgan fingerprint density at radius 2 is 1.81 bits per heavy atom. The van der Waals surface area contributed by atoms with Crippen molar-refractivity contribution in [3.05, 3.63) is 42.0 Å². The molecule has 1 aliphatic heterocycles. The van der Waals surface area contributed by atoms with E-state index in [1.54, 1.807) is 18.2 Å². The minimum atomic E-state index is -0.228. The number of hydrogen-bond donors (Lipinski definition) is 1. The maximum Gasteiger partial charge on any atom is 0.254 e. The van der Waals surface area contributed by atoms with Gasteiger partial charge in [0.25, 0.3) is 11.8 Å². The van der Waals surface area contributed by atoms with Crippen LogP contribution in [0.2, 0.25) is 0 Å². The lowest BCUT2D eigenvalue weighted by atomic mass is 9.85. The van der Waals surface area contributed by atoms with Crippen molar-refractivity contribution >= 4 is 18.0 Å². The van der Waals surface area contributed by atoms with Crippen LogP contribution in [-0.2, 0) is 9.59 Å². The molecule has 5 heteroatoms. The molecule has 0 aromatic heterocycles. The van der Waals surface area contributed by atoms with Gasteiger partial charge in [0.1, 0.15) is 5.75 Å². The summed E-state index contributed by atoms with van der Waals surface area (Å²) in [4.78, 5) is 24.8. The van der Waals surface area contributed by atoms with Gasteiger partial charge >= 0.3 is 0 Å². The molecule has 2 amide bonds. The molecular weight excluding hydrogens is 268 g/mol. The van der Waals surface area contributed by atoms with E-state index in [2.05, 4.69) is 17.3 Å². The third-order valence-electron chi connectivity index (χ3n) is 4.64. The Balaban J connectivity index is 1.60. The van der Waals surface area contributed by atoms with Gasteiger partial charge in [0.2, 0.25) is 0 Å². The number of carbonyl (C=O) groups excluding carboxylic acids is 2. The van der Waals surface area contributed by atoms with Crippen LogP contribution in [0, 0.1) is 23.7 Å². The molecule has 5 nitrogen and oxygen atoms in total. The molecule has 0 unspecified atom stereocenters. The summed E-state index contributed by atoms with van der Waals surface area (Å²) < 4.78 is 0. The van der Waals surface area contributed by atoms with Crippen molar-refractivity contribution in [1.29, 1.82) is 0 Å². The lowest BCUT2D eigenvalue weighted by Crippen LogP contribution is -2.28. The van der Waals surface area contributed by atoms with E-state index in [1.165, 1.54) is 12.3 Å². The summed E-state index contributed by atoms with van der Waals surface area (Å²) in [6, 6.07) is 6.52. The predicted octanol–water partition coefficient (Wildman–Crippen LogP) is 1.53. The fourth-order valence-electron chi connectivity index (χ4n) is 3.73. The summed E-state index contributed by atoms with van der Waals surface area (Å²) in [5, 5.41) is 14.5. The molecule has 4 rings (SSSR count). The second-order valence-corrected chi connectivity index (χ2v) is 5.83. The molecule has 2 bridgehead atoms. The van der Waals surface area contributed by atoms with Gasteiger partial charge in [0, 0.05) is 0 Å². The Morgan fingerprint density at radius 1 is 1.14 bits per heavy atom. The molecular formula is C16H14N2O3. The third-order valence-corrected chi connectivity index (χ3v) is 4.64. The highest BCUT2D eigenvalue weighted by atomic mass is 16.3. The molecule has 4 atom stereocenters. The van der Waals surface area contributed by atoms with Crippen LogP contribution in [0.1, 0.15) is 12.0 Å². The molecule has 1 saturated heterocycles. The third kappa shape index (κ3) is 1.73. The van der Waals surface area contributed by atoms with E-state index in [9.17, 15) is 14.7 Å². The van der Waals surface area contributed by atoms with Crippen LogP contribution >= 0.6 is 0 Å². The second kappa shape index (κ2) is 4.28. The second-order valence-electron chi connectivity index (χ2n) is 5.83. The van der Waals surface area contributed by atoms with Gasteiger partial charge in [-0.05, 0) is 36.0 Å². The molecule has 1 heterocycles. The maximum atomic E-state index is 12.4. The minimum absolute atomic E-state index is 0.122. The molecule has 1 aromatic carbocycles. The fraction of sp³-hybridized carbons (Fsp3) is 0.312. The van der Waals surface area contributed by atoms with Crippen LogP contribution in [0.3, 0.4) is 0 Å². The van der Waals surface area contributed by atoms with Gasteiger partial charge < -0.3 is 5.11 Å². The highest BCUT2D eigenvalue weighted by molar-refractivity contribution is 6.06. The zero-order valence-corrected chi connectivity index (χ0v) is 11.2. The number of imide groups is 1. The average Bonchev–Trinajstić information content (AvgIpc) is 3.12. The fourth-order valence-corrected chi connectivity index (χ4v) is 3.73. The lowest BCUT2D eigenvalue weighted by Gasteiger charge is -2.13. The van der Waals surface area contributed by atoms with Gasteiger partial charge in [0.15, 0.2) is 0 Å². The van der Waals surface area contributed by atoms with Crippen LogP contribution in [0.25, 0.3) is 0 Å². The standard InChI is InChI=1S/C16H14N2O3/c19-12-3-1-2-9(6-12)8-17-18-15(20)13-10-4-5-11(7-10)14(13)16(18)21/h1-6,8,10-11,13-14,19H,7H2/b17-8-/t10-,11-,13-,14+/m0/s1. The number of nitrogens with zero attached hydrogens (tertiary/aromatic N) is 2. The minimum Gasteiger partial charge on any atom is -0.508 e. The van der Waals surface area contributed by atoms with Crippen molar-refractivity contribution < 1.29 is 14.7 Å². The average molecular weight is 282 g/mol.